The molecular weight excluding hydrogens is 258 g/mol. The zero-order valence-corrected chi connectivity index (χ0v) is 11.6. The maximum absolute atomic E-state index is 9.98. The monoisotopic (exact) mass is 277 g/mol. The van der Waals surface area contributed by atoms with Gasteiger partial charge in [0.05, 0.1) is 17.7 Å². The summed E-state index contributed by atoms with van der Waals surface area (Å²) in [6.45, 7) is 1.40. The first-order valence-corrected chi connectivity index (χ1v) is 6.60. The Hall–Kier alpha value is -1.93. The third-order valence-electron chi connectivity index (χ3n) is 3.55. The van der Waals surface area contributed by atoms with Crippen LogP contribution in [0.2, 0.25) is 0 Å². The number of H-pyrrole nitrogens is 1. The number of aromatic nitrogens is 4. The second-order valence-electron chi connectivity index (χ2n) is 5.50. The van der Waals surface area contributed by atoms with Crippen molar-refractivity contribution in [1.29, 1.82) is 0 Å². The van der Waals surface area contributed by atoms with Crippen LogP contribution in [0.4, 0.5) is 11.8 Å². The lowest BCUT2D eigenvalue weighted by atomic mass is 10.2. The van der Waals surface area contributed by atoms with Gasteiger partial charge in [0.25, 0.3) is 0 Å². The molecule has 2 unspecified atom stereocenters. The van der Waals surface area contributed by atoms with E-state index >= 15 is 0 Å². The first-order chi connectivity index (χ1) is 9.54. The second kappa shape index (κ2) is 4.88. The fourth-order valence-corrected chi connectivity index (χ4v) is 2.80. The third kappa shape index (κ3) is 2.27. The predicted molar refractivity (Wildman–Crippen MR) is 76.4 cm³/mol. The molecule has 1 aliphatic heterocycles. The number of aliphatic hydroxyl groups excluding tert-OH is 1. The average molecular weight is 277 g/mol. The third-order valence-corrected chi connectivity index (χ3v) is 3.55. The fraction of sp³-hybridized carbons (Fsp3) is 0.583. The van der Waals surface area contributed by atoms with Crippen LogP contribution in [-0.2, 0) is 0 Å². The van der Waals surface area contributed by atoms with Crippen LogP contribution in [0.15, 0.2) is 6.20 Å². The fourth-order valence-electron chi connectivity index (χ4n) is 2.80. The molecule has 0 aliphatic carbocycles. The van der Waals surface area contributed by atoms with E-state index in [0.717, 1.165) is 24.2 Å². The smallest absolute Gasteiger partial charge is 0.224 e. The minimum absolute atomic E-state index is 0.201. The first kappa shape index (κ1) is 13.1. The molecule has 2 aromatic heterocycles. The Morgan fingerprint density at radius 3 is 3.05 bits per heavy atom. The van der Waals surface area contributed by atoms with Gasteiger partial charge in [0.2, 0.25) is 5.95 Å². The summed E-state index contributed by atoms with van der Waals surface area (Å²) in [6, 6.07) is 0.201. The molecule has 0 spiro atoms. The molecule has 20 heavy (non-hydrogen) atoms. The number of nitrogen functional groups attached to an aromatic ring is 1. The summed E-state index contributed by atoms with van der Waals surface area (Å²) in [5.74, 6) is 0.950. The van der Waals surface area contributed by atoms with Crippen LogP contribution in [0.3, 0.4) is 0 Å². The van der Waals surface area contributed by atoms with Crippen LogP contribution < -0.4 is 10.6 Å². The van der Waals surface area contributed by atoms with E-state index in [1.165, 1.54) is 0 Å². The van der Waals surface area contributed by atoms with Crippen molar-refractivity contribution in [1.82, 2.24) is 25.1 Å². The Labute approximate surface area is 116 Å². The Balaban J connectivity index is 2.02. The van der Waals surface area contributed by atoms with E-state index in [4.69, 9.17) is 5.73 Å². The lowest BCUT2D eigenvalue weighted by Gasteiger charge is -2.28. The summed E-state index contributed by atoms with van der Waals surface area (Å²) in [6.07, 6.45) is 2.07. The van der Waals surface area contributed by atoms with Crippen LogP contribution in [0.1, 0.15) is 6.42 Å². The molecule has 0 bridgehead atoms. The maximum Gasteiger partial charge on any atom is 0.224 e. The van der Waals surface area contributed by atoms with Crippen molar-refractivity contribution in [3.05, 3.63) is 6.20 Å². The number of nitrogens with zero attached hydrogens (tertiary/aromatic N) is 5. The summed E-state index contributed by atoms with van der Waals surface area (Å²) < 4.78 is 0. The number of β-amino-alcohol motifs (C(OH)–C–C–N with tert-alkyl or cyclic N) is 1. The lowest BCUT2D eigenvalue weighted by Crippen LogP contribution is -2.38. The summed E-state index contributed by atoms with van der Waals surface area (Å²) >= 11 is 0. The largest absolute Gasteiger partial charge is 0.391 e. The molecule has 0 radical (unpaired) electrons. The quantitative estimate of drug-likeness (QED) is 0.690. The molecule has 1 aliphatic rings. The Morgan fingerprint density at radius 1 is 1.50 bits per heavy atom. The van der Waals surface area contributed by atoms with E-state index < -0.39 is 0 Å². The molecule has 1 saturated heterocycles. The van der Waals surface area contributed by atoms with Gasteiger partial charge in [0.15, 0.2) is 5.65 Å². The first-order valence-electron chi connectivity index (χ1n) is 6.60. The lowest BCUT2D eigenvalue weighted by molar-refractivity contribution is 0.191. The molecule has 3 rings (SSSR count). The van der Waals surface area contributed by atoms with Crippen molar-refractivity contribution < 1.29 is 5.11 Å². The maximum atomic E-state index is 9.98. The van der Waals surface area contributed by atoms with Gasteiger partial charge < -0.3 is 20.6 Å². The van der Waals surface area contributed by atoms with Crippen molar-refractivity contribution in [2.45, 2.75) is 18.6 Å². The van der Waals surface area contributed by atoms with Crippen molar-refractivity contribution in [2.75, 3.05) is 37.8 Å². The molecule has 2 atom stereocenters. The minimum atomic E-state index is -0.349. The van der Waals surface area contributed by atoms with E-state index in [-0.39, 0.29) is 18.1 Å². The van der Waals surface area contributed by atoms with E-state index in [1.54, 1.807) is 6.20 Å². The molecule has 8 heteroatoms. The minimum Gasteiger partial charge on any atom is -0.391 e. The van der Waals surface area contributed by atoms with Gasteiger partial charge in [-0.2, -0.15) is 15.1 Å². The molecule has 108 valence electrons. The number of anilines is 2. The number of hydrogen-bond acceptors (Lipinski definition) is 7. The number of likely N-dealkylation sites (N-methyl/N-ethyl adjacent to an activating group) is 1. The van der Waals surface area contributed by atoms with E-state index in [9.17, 15) is 5.11 Å². The van der Waals surface area contributed by atoms with Crippen LogP contribution >= 0.6 is 0 Å². The normalized spacial score (nSPS) is 23.1. The van der Waals surface area contributed by atoms with Crippen molar-refractivity contribution in [2.24, 2.45) is 0 Å². The van der Waals surface area contributed by atoms with Gasteiger partial charge >= 0.3 is 0 Å². The van der Waals surface area contributed by atoms with E-state index in [2.05, 4.69) is 30.0 Å². The summed E-state index contributed by atoms with van der Waals surface area (Å²) in [4.78, 5) is 12.7. The number of hydrogen-bond donors (Lipinski definition) is 3. The van der Waals surface area contributed by atoms with Crippen LogP contribution in [0, 0.1) is 0 Å². The Morgan fingerprint density at radius 2 is 2.30 bits per heavy atom. The van der Waals surface area contributed by atoms with Crippen molar-refractivity contribution >= 4 is 22.8 Å². The number of fused-ring (bicyclic) bond motifs is 1. The summed E-state index contributed by atoms with van der Waals surface area (Å²) in [7, 11) is 4.04. The van der Waals surface area contributed by atoms with E-state index in [1.807, 2.05) is 14.1 Å². The predicted octanol–water partition coefficient (Wildman–Crippen LogP) is -0.564. The van der Waals surface area contributed by atoms with Gasteiger partial charge in [-0.1, -0.05) is 0 Å². The highest BCUT2D eigenvalue weighted by molar-refractivity contribution is 5.87. The number of rotatable bonds is 3. The second-order valence-corrected chi connectivity index (χ2v) is 5.50. The molecule has 1 fully saturated rings. The molecule has 8 nitrogen and oxygen atoms in total. The van der Waals surface area contributed by atoms with Gasteiger partial charge in [-0.15, -0.1) is 0 Å². The van der Waals surface area contributed by atoms with Crippen LogP contribution in [0.25, 0.3) is 11.0 Å². The van der Waals surface area contributed by atoms with E-state index in [0.29, 0.717) is 12.2 Å². The Bertz CT molecular complexity index is 611. The van der Waals surface area contributed by atoms with Gasteiger partial charge in [-0.3, -0.25) is 5.10 Å². The van der Waals surface area contributed by atoms with Gasteiger partial charge in [-0.25, -0.2) is 0 Å². The van der Waals surface area contributed by atoms with Gasteiger partial charge in [0, 0.05) is 19.1 Å². The number of aliphatic hydroxyl groups is 1. The molecular formula is C12H19N7O. The highest BCUT2D eigenvalue weighted by Crippen LogP contribution is 2.30. The zero-order valence-electron chi connectivity index (χ0n) is 11.6. The Kier molecular flexibility index (Phi) is 3.19. The number of nitrogens with two attached hydrogens (primary N) is 1. The summed E-state index contributed by atoms with van der Waals surface area (Å²) in [5.41, 5.74) is 6.39. The molecule has 0 amide bonds. The zero-order chi connectivity index (χ0) is 14.3. The molecule has 0 saturated carbocycles. The van der Waals surface area contributed by atoms with Crippen LogP contribution in [0.5, 0.6) is 0 Å². The molecule has 0 aromatic carbocycles. The van der Waals surface area contributed by atoms with Gasteiger partial charge in [0.1, 0.15) is 5.82 Å². The number of aromatic amines is 1. The standard InChI is InChI=1S/C12H19N7O/c1-18(2)5-7-3-8(20)6-19(7)11-9-4-14-17-10(9)15-12(13)16-11/h4,7-8,20H,3,5-6H2,1-2H3,(H3,13,14,15,16,17). The topological polar surface area (TPSA) is 107 Å². The molecule has 4 N–H and O–H groups in total. The highest BCUT2D eigenvalue weighted by atomic mass is 16.3. The molecule has 3 heterocycles. The number of nitrogens with one attached hydrogen (secondary N) is 1. The highest BCUT2D eigenvalue weighted by Gasteiger charge is 2.33. The molecule has 2 aromatic rings. The van der Waals surface area contributed by atoms with Crippen molar-refractivity contribution in [3.63, 3.8) is 0 Å². The SMILES string of the molecule is CN(C)CC1CC(O)CN1c1nc(N)nc2[nH]ncc12. The van der Waals surface area contributed by atoms with Gasteiger partial charge in [-0.05, 0) is 20.5 Å². The average Bonchev–Trinajstić information content (AvgIpc) is 2.94. The van der Waals surface area contributed by atoms with Crippen molar-refractivity contribution in [3.8, 4) is 0 Å². The van der Waals surface area contributed by atoms with Crippen LogP contribution in [-0.4, -0.2) is 69.5 Å². The summed E-state index contributed by atoms with van der Waals surface area (Å²) in [5, 5.41) is 17.6.